The van der Waals surface area contributed by atoms with E-state index in [0.717, 1.165) is 26.2 Å². The third-order valence-corrected chi connectivity index (χ3v) is 5.84. The quantitative estimate of drug-likeness (QED) is 0.775. The summed E-state index contributed by atoms with van der Waals surface area (Å²) in [5.74, 6) is 1.41. The first kappa shape index (κ1) is 19.4. The lowest BCUT2D eigenvalue weighted by molar-refractivity contribution is 0.0746. The average Bonchev–Trinajstić information content (AvgIpc) is 3.22. The van der Waals surface area contributed by atoms with Crippen LogP contribution in [0, 0.1) is 6.92 Å². The van der Waals surface area contributed by atoms with Gasteiger partial charge in [-0.15, -0.1) is 0 Å². The van der Waals surface area contributed by atoms with E-state index >= 15 is 0 Å². The van der Waals surface area contributed by atoms with Gasteiger partial charge >= 0.3 is 0 Å². The molecule has 0 aliphatic carbocycles. The Morgan fingerprint density at radius 1 is 0.966 bits per heavy atom. The highest BCUT2D eigenvalue weighted by Gasteiger charge is 2.25. The summed E-state index contributed by atoms with van der Waals surface area (Å²) in [7, 11) is 0. The number of fused-ring (bicyclic) bond motifs is 1. The zero-order valence-electron chi connectivity index (χ0n) is 17.5. The van der Waals surface area contributed by atoms with Crippen LogP contribution in [0.3, 0.4) is 0 Å². The van der Waals surface area contributed by atoms with Gasteiger partial charge in [0.05, 0.1) is 0 Å². The zero-order chi connectivity index (χ0) is 20.4. The van der Waals surface area contributed by atoms with Crippen LogP contribution in [0.25, 0.3) is 0 Å². The molecule has 2 heterocycles. The number of carbonyl (C=O) groups is 1. The number of benzene rings is 2. The van der Waals surface area contributed by atoms with Crippen molar-refractivity contribution in [1.29, 1.82) is 0 Å². The summed E-state index contributed by atoms with van der Waals surface area (Å²) >= 11 is 0. The van der Waals surface area contributed by atoms with Gasteiger partial charge in [-0.2, -0.15) is 0 Å². The van der Waals surface area contributed by atoms with Gasteiger partial charge in [0.2, 0.25) is 6.79 Å². The molecule has 6 heteroatoms. The second kappa shape index (κ2) is 8.23. The molecule has 2 aliphatic heterocycles. The number of hydrogen-bond donors (Lipinski definition) is 0. The van der Waals surface area contributed by atoms with Gasteiger partial charge in [-0.25, -0.2) is 0 Å². The number of aryl methyl sites for hydroxylation is 1. The number of hydrogen-bond acceptors (Lipinski definition) is 5. The van der Waals surface area contributed by atoms with Gasteiger partial charge in [0.25, 0.3) is 5.91 Å². The van der Waals surface area contributed by atoms with Gasteiger partial charge in [-0.1, -0.05) is 0 Å². The fourth-order valence-electron chi connectivity index (χ4n) is 4.14. The summed E-state index contributed by atoms with van der Waals surface area (Å²) in [6.07, 6.45) is 0. The SMILES string of the molecule is CCN(CC)c1ccc(N2CCN(C(=O)c3ccc4c(c3)OCO4)CC2)c(C)c1. The van der Waals surface area contributed by atoms with E-state index in [1.54, 1.807) is 6.07 Å². The van der Waals surface area contributed by atoms with E-state index in [1.807, 2.05) is 17.0 Å². The third kappa shape index (κ3) is 3.84. The number of anilines is 2. The van der Waals surface area contributed by atoms with Crippen molar-refractivity contribution in [3.63, 3.8) is 0 Å². The molecule has 0 spiro atoms. The highest BCUT2D eigenvalue weighted by atomic mass is 16.7. The monoisotopic (exact) mass is 395 g/mol. The predicted octanol–water partition coefficient (Wildman–Crippen LogP) is 3.53. The topological polar surface area (TPSA) is 45.2 Å². The predicted molar refractivity (Wildman–Crippen MR) is 115 cm³/mol. The first-order chi connectivity index (χ1) is 14.1. The standard InChI is InChI=1S/C23H29N3O3/c1-4-24(5-2)19-7-8-20(17(3)14-19)25-10-12-26(13-11-25)23(27)18-6-9-21-22(15-18)29-16-28-21/h6-9,14-15H,4-5,10-13,16H2,1-3H3. The Balaban J connectivity index is 1.41. The minimum atomic E-state index is 0.0524. The van der Waals surface area contributed by atoms with Crippen molar-refractivity contribution in [3.8, 4) is 11.5 Å². The van der Waals surface area contributed by atoms with Crippen molar-refractivity contribution in [3.05, 3.63) is 47.5 Å². The average molecular weight is 396 g/mol. The summed E-state index contributed by atoms with van der Waals surface area (Å²) in [6, 6.07) is 12.1. The van der Waals surface area contributed by atoms with E-state index < -0.39 is 0 Å². The molecular formula is C23H29N3O3. The fourth-order valence-corrected chi connectivity index (χ4v) is 4.14. The third-order valence-electron chi connectivity index (χ3n) is 5.84. The number of amides is 1. The van der Waals surface area contributed by atoms with Crippen LogP contribution in [0.4, 0.5) is 11.4 Å². The molecule has 0 radical (unpaired) electrons. The van der Waals surface area contributed by atoms with Crippen LogP contribution in [-0.4, -0.2) is 56.9 Å². The van der Waals surface area contributed by atoms with Crippen molar-refractivity contribution < 1.29 is 14.3 Å². The molecule has 2 aromatic carbocycles. The molecule has 29 heavy (non-hydrogen) atoms. The van der Waals surface area contributed by atoms with E-state index in [-0.39, 0.29) is 12.7 Å². The number of nitrogens with zero attached hydrogens (tertiary/aromatic N) is 3. The minimum Gasteiger partial charge on any atom is -0.454 e. The number of carbonyl (C=O) groups excluding carboxylic acids is 1. The molecule has 154 valence electrons. The number of ether oxygens (including phenoxy) is 2. The summed E-state index contributed by atoms with van der Waals surface area (Å²) in [5.41, 5.74) is 4.47. The summed E-state index contributed by atoms with van der Waals surface area (Å²) in [5, 5.41) is 0. The molecule has 1 saturated heterocycles. The highest BCUT2D eigenvalue weighted by Crippen LogP contribution is 2.33. The Hall–Kier alpha value is -2.89. The summed E-state index contributed by atoms with van der Waals surface area (Å²) < 4.78 is 10.7. The smallest absolute Gasteiger partial charge is 0.254 e. The lowest BCUT2D eigenvalue weighted by Crippen LogP contribution is -2.49. The van der Waals surface area contributed by atoms with Crippen LogP contribution in [0.1, 0.15) is 29.8 Å². The van der Waals surface area contributed by atoms with E-state index in [4.69, 9.17) is 9.47 Å². The van der Waals surface area contributed by atoms with Gasteiger partial charge in [0.15, 0.2) is 11.5 Å². The van der Waals surface area contributed by atoms with E-state index in [0.29, 0.717) is 30.2 Å². The molecule has 1 fully saturated rings. The molecule has 0 atom stereocenters. The van der Waals surface area contributed by atoms with Gasteiger partial charge in [0, 0.05) is 56.2 Å². The number of rotatable bonds is 5. The van der Waals surface area contributed by atoms with E-state index in [2.05, 4.69) is 48.8 Å². The van der Waals surface area contributed by atoms with Crippen molar-refractivity contribution in [2.45, 2.75) is 20.8 Å². The molecule has 2 aliphatic rings. The minimum absolute atomic E-state index is 0.0524. The maximum Gasteiger partial charge on any atom is 0.254 e. The van der Waals surface area contributed by atoms with Crippen LogP contribution < -0.4 is 19.3 Å². The largest absolute Gasteiger partial charge is 0.454 e. The van der Waals surface area contributed by atoms with Gasteiger partial charge < -0.3 is 24.2 Å². The van der Waals surface area contributed by atoms with Gasteiger partial charge in [0.1, 0.15) is 0 Å². The van der Waals surface area contributed by atoms with E-state index in [9.17, 15) is 4.79 Å². The first-order valence-electron chi connectivity index (χ1n) is 10.4. The van der Waals surface area contributed by atoms with Crippen LogP contribution in [0.2, 0.25) is 0 Å². The normalized spacial score (nSPS) is 15.6. The molecule has 0 bridgehead atoms. The first-order valence-corrected chi connectivity index (χ1v) is 10.4. The Labute approximate surface area is 172 Å². The summed E-state index contributed by atoms with van der Waals surface area (Å²) in [6.45, 7) is 11.9. The lowest BCUT2D eigenvalue weighted by Gasteiger charge is -2.37. The Bertz CT molecular complexity index is 887. The molecule has 6 nitrogen and oxygen atoms in total. The van der Waals surface area contributed by atoms with Crippen molar-refractivity contribution in [2.24, 2.45) is 0 Å². The number of piperazine rings is 1. The molecule has 0 saturated carbocycles. The molecule has 0 unspecified atom stereocenters. The van der Waals surface area contributed by atoms with Crippen molar-refractivity contribution in [1.82, 2.24) is 4.90 Å². The van der Waals surface area contributed by atoms with Crippen LogP contribution in [0.15, 0.2) is 36.4 Å². The molecule has 0 N–H and O–H groups in total. The maximum atomic E-state index is 12.9. The Morgan fingerprint density at radius 3 is 2.38 bits per heavy atom. The van der Waals surface area contributed by atoms with Crippen LogP contribution in [0.5, 0.6) is 11.5 Å². The molecule has 4 rings (SSSR count). The second-order valence-corrected chi connectivity index (χ2v) is 7.49. The van der Waals surface area contributed by atoms with Gasteiger partial charge in [-0.3, -0.25) is 4.79 Å². The van der Waals surface area contributed by atoms with Crippen LogP contribution in [-0.2, 0) is 0 Å². The summed E-state index contributed by atoms with van der Waals surface area (Å²) in [4.78, 5) is 19.6. The molecule has 2 aromatic rings. The van der Waals surface area contributed by atoms with E-state index in [1.165, 1.54) is 16.9 Å². The maximum absolute atomic E-state index is 12.9. The fraction of sp³-hybridized carbons (Fsp3) is 0.435. The molecule has 0 aromatic heterocycles. The Morgan fingerprint density at radius 2 is 1.69 bits per heavy atom. The lowest BCUT2D eigenvalue weighted by atomic mass is 10.1. The van der Waals surface area contributed by atoms with Crippen molar-refractivity contribution in [2.75, 3.05) is 55.9 Å². The highest BCUT2D eigenvalue weighted by molar-refractivity contribution is 5.95. The Kier molecular flexibility index (Phi) is 5.51. The zero-order valence-corrected chi connectivity index (χ0v) is 17.5. The second-order valence-electron chi connectivity index (χ2n) is 7.49. The molecule has 1 amide bonds. The van der Waals surface area contributed by atoms with Gasteiger partial charge in [-0.05, 0) is 62.7 Å². The molecular weight excluding hydrogens is 366 g/mol. The van der Waals surface area contributed by atoms with Crippen LogP contribution >= 0.6 is 0 Å². The van der Waals surface area contributed by atoms with Crippen molar-refractivity contribution >= 4 is 17.3 Å².